The summed E-state index contributed by atoms with van der Waals surface area (Å²) in [6, 6.07) is 10.3. The van der Waals surface area contributed by atoms with Crippen LogP contribution in [0, 0.1) is 5.92 Å². The van der Waals surface area contributed by atoms with Crippen molar-refractivity contribution in [2.24, 2.45) is 5.92 Å². The molecule has 1 heterocycles. The van der Waals surface area contributed by atoms with Gasteiger partial charge in [-0.05, 0) is 50.3 Å². The van der Waals surface area contributed by atoms with E-state index in [1.165, 1.54) is 18.4 Å². The van der Waals surface area contributed by atoms with Crippen LogP contribution in [0.25, 0.3) is 0 Å². The van der Waals surface area contributed by atoms with E-state index in [1.807, 2.05) is 18.2 Å². The maximum Gasteiger partial charge on any atom is 0.220 e. The molecular weight excluding hydrogens is 276 g/mol. The molecular formula is C18H28N2O2. The molecule has 1 aromatic rings. The average Bonchev–Trinajstić information content (AvgIpc) is 2.58. The number of amides is 1. The van der Waals surface area contributed by atoms with Gasteiger partial charge in [-0.15, -0.1) is 0 Å². The van der Waals surface area contributed by atoms with E-state index >= 15 is 0 Å². The number of hydrogen-bond donors (Lipinski definition) is 2. The van der Waals surface area contributed by atoms with Crippen molar-refractivity contribution in [3.05, 3.63) is 35.9 Å². The van der Waals surface area contributed by atoms with Crippen LogP contribution in [-0.2, 0) is 16.0 Å². The third kappa shape index (κ3) is 7.05. The normalized spacial score (nSPS) is 18.1. The fourth-order valence-electron chi connectivity index (χ4n) is 2.72. The maximum absolute atomic E-state index is 11.8. The van der Waals surface area contributed by atoms with Crippen LogP contribution >= 0.6 is 0 Å². The summed E-state index contributed by atoms with van der Waals surface area (Å²) in [6.45, 7) is 4.33. The molecule has 2 N–H and O–H groups in total. The fraction of sp³-hybridized carbons (Fsp3) is 0.611. The van der Waals surface area contributed by atoms with Gasteiger partial charge >= 0.3 is 0 Å². The molecule has 0 spiro atoms. The first kappa shape index (κ1) is 17.0. The minimum Gasteiger partial charge on any atom is -0.381 e. The smallest absolute Gasteiger partial charge is 0.220 e. The van der Waals surface area contributed by atoms with Crippen molar-refractivity contribution in [1.82, 2.24) is 10.6 Å². The van der Waals surface area contributed by atoms with Crippen molar-refractivity contribution < 1.29 is 9.53 Å². The van der Waals surface area contributed by atoms with Crippen LogP contribution in [0.4, 0.5) is 0 Å². The zero-order valence-electron chi connectivity index (χ0n) is 13.4. The van der Waals surface area contributed by atoms with Gasteiger partial charge in [0.15, 0.2) is 0 Å². The van der Waals surface area contributed by atoms with Crippen molar-refractivity contribution in [2.75, 3.05) is 32.8 Å². The van der Waals surface area contributed by atoms with Gasteiger partial charge < -0.3 is 15.4 Å². The number of carbonyl (C=O) groups is 1. The van der Waals surface area contributed by atoms with E-state index in [1.54, 1.807) is 0 Å². The third-order valence-corrected chi connectivity index (χ3v) is 4.06. The Kier molecular flexibility index (Phi) is 7.99. The van der Waals surface area contributed by atoms with Crippen molar-refractivity contribution in [1.29, 1.82) is 0 Å². The van der Waals surface area contributed by atoms with Crippen LogP contribution < -0.4 is 10.6 Å². The lowest BCUT2D eigenvalue weighted by molar-refractivity contribution is -0.121. The molecule has 1 aliphatic heterocycles. The largest absolute Gasteiger partial charge is 0.381 e. The minimum atomic E-state index is 0.150. The molecule has 1 aliphatic rings. The molecule has 1 fully saturated rings. The summed E-state index contributed by atoms with van der Waals surface area (Å²) >= 11 is 0. The number of piperidine rings is 1. The number of rotatable bonds is 9. The summed E-state index contributed by atoms with van der Waals surface area (Å²) in [4.78, 5) is 11.8. The van der Waals surface area contributed by atoms with Gasteiger partial charge in [0.2, 0.25) is 5.91 Å². The van der Waals surface area contributed by atoms with Gasteiger partial charge in [0, 0.05) is 19.6 Å². The Morgan fingerprint density at radius 3 is 2.91 bits per heavy atom. The van der Waals surface area contributed by atoms with Gasteiger partial charge in [-0.25, -0.2) is 0 Å². The van der Waals surface area contributed by atoms with Crippen molar-refractivity contribution >= 4 is 5.91 Å². The monoisotopic (exact) mass is 304 g/mol. The van der Waals surface area contributed by atoms with Crippen LogP contribution in [0.1, 0.15) is 31.2 Å². The first-order valence-corrected chi connectivity index (χ1v) is 8.43. The molecule has 0 saturated carbocycles. The Morgan fingerprint density at radius 2 is 2.14 bits per heavy atom. The van der Waals surface area contributed by atoms with Crippen molar-refractivity contribution in [2.45, 2.75) is 32.1 Å². The Morgan fingerprint density at radius 1 is 1.27 bits per heavy atom. The molecule has 122 valence electrons. The molecule has 4 heteroatoms. The van der Waals surface area contributed by atoms with E-state index in [2.05, 4.69) is 22.8 Å². The number of benzene rings is 1. The lowest BCUT2D eigenvalue weighted by atomic mass is 10.00. The van der Waals surface area contributed by atoms with Crippen LogP contribution in [-0.4, -0.2) is 38.8 Å². The summed E-state index contributed by atoms with van der Waals surface area (Å²) in [6.07, 6.45) is 4.72. The summed E-state index contributed by atoms with van der Waals surface area (Å²) in [5.74, 6) is 0.747. The number of nitrogens with one attached hydrogen (secondary N) is 2. The first-order chi connectivity index (χ1) is 10.8. The summed E-state index contributed by atoms with van der Waals surface area (Å²) in [5, 5.41) is 6.40. The number of ether oxygens (including phenoxy) is 1. The predicted octanol–water partition coefficient (Wildman–Crippen LogP) is 2.14. The molecule has 1 unspecified atom stereocenters. The second-order valence-corrected chi connectivity index (χ2v) is 5.97. The molecule has 22 heavy (non-hydrogen) atoms. The van der Waals surface area contributed by atoms with E-state index in [9.17, 15) is 4.79 Å². The highest BCUT2D eigenvalue weighted by Crippen LogP contribution is 2.08. The quantitative estimate of drug-likeness (QED) is 0.687. The highest BCUT2D eigenvalue weighted by Gasteiger charge is 2.13. The fourth-order valence-corrected chi connectivity index (χ4v) is 2.72. The Labute approximate surface area is 133 Å². The van der Waals surface area contributed by atoms with E-state index in [0.29, 0.717) is 18.9 Å². The SMILES string of the molecule is O=C(CCCOCCc1ccccc1)NCC1CCCNC1. The predicted molar refractivity (Wildman–Crippen MR) is 88.8 cm³/mol. The molecule has 1 saturated heterocycles. The standard InChI is InChI=1S/C18H28N2O2/c21-18(20-15-17-8-4-11-19-14-17)9-5-12-22-13-10-16-6-2-1-3-7-16/h1-3,6-7,17,19H,4-5,8-15H2,(H,20,21). The summed E-state index contributed by atoms with van der Waals surface area (Å²) in [5.41, 5.74) is 1.29. The Bertz CT molecular complexity index is 416. The lowest BCUT2D eigenvalue weighted by Gasteiger charge is -2.22. The highest BCUT2D eigenvalue weighted by molar-refractivity contribution is 5.75. The van der Waals surface area contributed by atoms with Gasteiger partial charge in [0.1, 0.15) is 0 Å². The second kappa shape index (κ2) is 10.4. The Hall–Kier alpha value is -1.39. The van der Waals surface area contributed by atoms with E-state index in [0.717, 1.165) is 39.1 Å². The van der Waals surface area contributed by atoms with E-state index in [-0.39, 0.29) is 5.91 Å². The molecule has 0 bridgehead atoms. The third-order valence-electron chi connectivity index (χ3n) is 4.06. The average molecular weight is 304 g/mol. The van der Waals surface area contributed by atoms with Crippen LogP contribution in [0.3, 0.4) is 0 Å². The van der Waals surface area contributed by atoms with Gasteiger partial charge in [0.05, 0.1) is 6.61 Å². The maximum atomic E-state index is 11.8. The molecule has 4 nitrogen and oxygen atoms in total. The minimum absolute atomic E-state index is 0.150. The van der Waals surface area contributed by atoms with Gasteiger partial charge in [0.25, 0.3) is 0 Å². The number of hydrogen-bond acceptors (Lipinski definition) is 3. The van der Waals surface area contributed by atoms with Crippen molar-refractivity contribution in [3.8, 4) is 0 Å². The zero-order chi connectivity index (χ0) is 15.5. The molecule has 1 atom stereocenters. The van der Waals surface area contributed by atoms with Gasteiger partial charge in [-0.3, -0.25) is 4.79 Å². The molecule has 1 amide bonds. The van der Waals surface area contributed by atoms with Crippen LogP contribution in [0.15, 0.2) is 30.3 Å². The summed E-state index contributed by atoms with van der Waals surface area (Å²) < 4.78 is 5.59. The zero-order valence-corrected chi connectivity index (χ0v) is 13.4. The topological polar surface area (TPSA) is 50.4 Å². The van der Waals surface area contributed by atoms with Crippen LogP contribution in [0.5, 0.6) is 0 Å². The Balaban J connectivity index is 1.43. The summed E-state index contributed by atoms with van der Waals surface area (Å²) in [7, 11) is 0. The van der Waals surface area contributed by atoms with E-state index in [4.69, 9.17) is 4.74 Å². The first-order valence-electron chi connectivity index (χ1n) is 8.43. The number of carbonyl (C=O) groups excluding carboxylic acids is 1. The van der Waals surface area contributed by atoms with Gasteiger partial charge in [-0.1, -0.05) is 30.3 Å². The lowest BCUT2D eigenvalue weighted by Crippen LogP contribution is -2.38. The molecule has 2 rings (SSSR count). The van der Waals surface area contributed by atoms with Gasteiger partial charge in [-0.2, -0.15) is 0 Å². The van der Waals surface area contributed by atoms with Crippen molar-refractivity contribution in [3.63, 3.8) is 0 Å². The molecule has 0 radical (unpaired) electrons. The second-order valence-electron chi connectivity index (χ2n) is 5.97. The van der Waals surface area contributed by atoms with E-state index < -0.39 is 0 Å². The van der Waals surface area contributed by atoms with Crippen LogP contribution in [0.2, 0.25) is 0 Å². The highest BCUT2D eigenvalue weighted by atomic mass is 16.5. The molecule has 1 aromatic carbocycles. The molecule has 0 aromatic heterocycles. The molecule has 0 aliphatic carbocycles.